The second kappa shape index (κ2) is 6.33. The van der Waals surface area contributed by atoms with E-state index >= 15 is 0 Å². The van der Waals surface area contributed by atoms with E-state index in [1.54, 1.807) is 0 Å². The SMILES string of the molecule is CCC(NCc1ccc2cc[nH]c2c1)c1cccc(Cl)c1. The van der Waals surface area contributed by atoms with E-state index in [1.165, 1.54) is 22.0 Å². The molecule has 0 spiro atoms. The number of aromatic nitrogens is 1. The van der Waals surface area contributed by atoms with Crippen molar-refractivity contribution in [3.63, 3.8) is 0 Å². The first-order valence-electron chi connectivity index (χ1n) is 7.31. The number of hydrogen-bond acceptors (Lipinski definition) is 1. The third-order valence-corrected chi connectivity index (χ3v) is 4.07. The number of rotatable bonds is 5. The van der Waals surface area contributed by atoms with Crippen LogP contribution in [0.5, 0.6) is 0 Å². The van der Waals surface area contributed by atoms with Crippen molar-refractivity contribution >= 4 is 22.5 Å². The molecule has 2 nitrogen and oxygen atoms in total. The predicted molar refractivity (Wildman–Crippen MR) is 89.6 cm³/mol. The second-order valence-electron chi connectivity index (χ2n) is 5.30. The maximum atomic E-state index is 6.08. The van der Waals surface area contributed by atoms with Crippen LogP contribution in [0.4, 0.5) is 0 Å². The Morgan fingerprint density at radius 3 is 2.86 bits per heavy atom. The molecule has 2 aromatic carbocycles. The van der Waals surface area contributed by atoms with E-state index < -0.39 is 0 Å². The highest BCUT2D eigenvalue weighted by atomic mass is 35.5. The Labute approximate surface area is 130 Å². The van der Waals surface area contributed by atoms with E-state index in [9.17, 15) is 0 Å². The Balaban J connectivity index is 1.72. The van der Waals surface area contributed by atoms with Crippen molar-refractivity contribution in [3.8, 4) is 0 Å². The van der Waals surface area contributed by atoms with E-state index in [-0.39, 0.29) is 0 Å². The van der Waals surface area contributed by atoms with Crippen LogP contribution in [-0.4, -0.2) is 4.98 Å². The summed E-state index contributed by atoms with van der Waals surface area (Å²) in [4.78, 5) is 3.26. The smallest absolute Gasteiger partial charge is 0.0457 e. The minimum Gasteiger partial charge on any atom is -0.361 e. The van der Waals surface area contributed by atoms with Crippen LogP contribution < -0.4 is 5.32 Å². The number of fused-ring (bicyclic) bond motifs is 1. The fourth-order valence-electron chi connectivity index (χ4n) is 2.67. The molecule has 3 rings (SSSR count). The second-order valence-corrected chi connectivity index (χ2v) is 5.73. The fraction of sp³-hybridized carbons (Fsp3) is 0.222. The Morgan fingerprint density at radius 1 is 1.14 bits per heavy atom. The first-order chi connectivity index (χ1) is 10.3. The molecule has 1 unspecified atom stereocenters. The molecule has 0 aliphatic heterocycles. The molecule has 0 amide bonds. The number of halogens is 1. The summed E-state index contributed by atoms with van der Waals surface area (Å²) in [6, 6.07) is 17.0. The summed E-state index contributed by atoms with van der Waals surface area (Å²) in [5.74, 6) is 0. The minimum absolute atomic E-state index is 0.322. The molecule has 0 saturated carbocycles. The molecule has 108 valence electrons. The quantitative estimate of drug-likeness (QED) is 0.677. The highest BCUT2D eigenvalue weighted by Gasteiger charge is 2.09. The van der Waals surface area contributed by atoms with Crippen molar-refractivity contribution in [1.29, 1.82) is 0 Å². The average Bonchev–Trinajstić information content (AvgIpc) is 2.95. The molecule has 0 fully saturated rings. The third-order valence-electron chi connectivity index (χ3n) is 3.83. The summed E-state index contributed by atoms with van der Waals surface area (Å²) in [6.07, 6.45) is 3.01. The summed E-state index contributed by atoms with van der Waals surface area (Å²) in [7, 11) is 0. The van der Waals surface area contributed by atoms with Gasteiger partial charge in [-0.3, -0.25) is 0 Å². The van der Waals surface area contributed by atoms with Crippen LogP contribution >= 0.6 is 11.6 Å². The maximum Gasteiger partial charge on any atom is 0.0457 e. The van der Waals surface area contributed by atoms with Gasteiger partial charge in [0.15, 0.2) is 0 Å². The number of hydrogen-bond donors (Lipinski definition) is 2. The molecule has 1 atom stereocenters. The molecule has 1 aromatic heterocycles. The van der Waals surface area contributed by atoms with Gasteiger partial charge >= 0.3 is 0 Å². The van der Waals surface area contributed by atoms with Crippen LogP contribution in [0, 0.1) is 0 Å². The van der Waals surface area contributed by atoms with E-state index in [1.807, 2.05) is 24.4 Å². The van der Waals surface area contributed by atoms with Gasteiger partial charge in [-0.15, -0.1) is 0 Å². The van der Waals surface area contributed by atoms with Crippen LogP contribution in [-0.2, 0) is 6.54 Å². The molecular weight excluding hydrogens is 280 g/mol. The van der Waals surface area contributed by atoms with Gasteiger partial charge in [-0.2, -0.15) is 0 Å². The Bertz CT molecular complexity index is 733. The molecule has 21 heavy (non-hydrogen) atoms. The number of benzene rings is 2. The summed E-state index contributed by atoms with van der Waals surface area (Å²) < 4.78 is 0. The summed E-state index contributed by atoms with van der Waals surface area (Å²) in [6.45, 7) is 3.03. The molecule has 2 N–H and O–H groups in total. The van der Waals surface area contributed by atoms with Crippen molar-refractivity contribution in [2.45, 2.75) is 25.9 Å². The van der Waals surface area contributed by atoms with Crippen molar-refractivity contribution in [2.75, 3.05) is 0 Å². The first kappa shape index (κ1) is 14.2. The number of nitrogens with one attached hydrogen (secondary N) is 2. The van der Waals surface area contributed by atoms with Gasteiger partial charge in [-0.25, -0.2) is 0 Å². The lowest BCUT2D eigenvalue weighted by atomic mass is 10.0. The van der Waals surface area contributed by atoms with Crippen molar-refractivity contribution in [2.24, 2.45) is 0 Å². The zero-order valence-electron chi connectivity index (χ0n) is 12.1. The van der Waals surface area contributed by atoms with E-state index in [0.717, 1.165) is 18.0 Å². The summed E-state index contributed by atoms with van der Waals surface area (Å²) in [5.41, 5.74) is 3.71. The van der Waals surface area contributed by atoms with Gasteiger partial charge in [-0.05, 0) is 47.2 Å². The van der Waals surface area contributed by atoms with Gasteiger partial charge in [0.1, 0.15) is 0 Å². The highest BCUT2D eigenvalue weighted by molar-refractivity contribution is 6.30. The average molecular weight is 299 g/mol. The zero-order chi connectivity index (χ0) is 14.7. The number of H-pyrrole nitrogens is 1. The topological polar surface area (TPSA) is 27.8 Å². The fourth-order valence-corrected chi connectivity index (χ4v) is 2.87. The van der Waals surface area contributed by atoms with E-state index in [4.69, 9.17) is 11.6 Å². The summed E-state index contributed by atoms with van der Waals surface area (Å²) in [5, 5.41) is 5.66. The van der Waals surface area contributed by atoms with Crippen LogP contribution in [0.15, 0.2) is 54.7 Å². The highest BCUT2D eigenvalue weighted by Crippen LogP contribution is 2.21. The van der Waals surface area contributed by atoms with Gasteiger partial charge < -0.3 is 10.3 Å². The Hall–Kier alpha value is -1.77. The van der Waals surface area contributed by atoms with Gasteiger partial charge in [0.05, 0.1) is 0 Å². The molecule has 0 saturated heterocycles. The lowest BCUT2D eigenvalue weighted by Crippen LogP contribution is -2.20. The molecule has 3 aromatic rings. The zero-order valence-corrected chi connectivity index (χ0v) is 12.8. The van der Waals surface area contributed by atoms with Crippen LogP contribution in [0.3, 0.4) is 0 Å². The van der Waals surface area contributed by atoms with Crippen LogP contribution in [0.1, 0.15) is 30.5 Å². The minimum atomic E-state index is 0.322. The number of aromatic amines is 1. The first-order valence-corrected chi connectivity index (χ1v) is 7.69. The lowest BCUT2D eigenvalue weighted by molar-refractivity contribution is 0.519. The molecule has 0 bridgehead atoms. The van der Waals surface area contributed by atoms with Crippen LogP contribution in [0.25, 0.3) is 10.9 Å². The van der Waals surface area contributed by atoms with Crippen molar-refractivity contribution in [3.05, 3.63) is 70.9 Å². The Kier molecular flexibility index (Phi) is 4.28. The van der Waals surface area contributed by atoms with Gasteiger partial charge in [0.25, 0.3) is 0 Å². The largest absolute Gasteiger partial charge is 0.361 e. The van der Waals surface area contributed by atoms with Crippen molar-refractivity contribution < 1.29 is 0 Å². The standard InChI is InChI=1S/C18H19ClN2/c1-2-17(15-4-3-5-16(19)11-15)21-12-13-6-7-14-8-9-20-18(14)10-13/h3-11,17,20-21H,2,12H2,1H3. The van der Waals surface area contributed by atoms with E-state index in [0.29, 0.717) is 6.04 Å². The third kappa shape index (κ3) is 3.29. The molecule has 3 heteroatoms. The Morgan fingerprint density at radius 2 is 2.05 bits per heavy atom. The summed E-state index contributed by atoms with van der Waals surface area (Å²) >= 11 is 6.08. The van der Waals surface area contributed by atoms with E-state index in [2.05, 4.69) is 47.6 Å². The predicted octanol–water partition coefficient (Wildman–Crippen LogP) is 5.06. The van der Waals surface area contributed by atoms with Crippen molar-refractivity contribution in [1.82, 2.24) is 10.3 Å². The molecule has 0 aliphatic carbocycles. The van der Waals surface area contributed by atoms with Gasteiger partial charge in [-0.1, -0.05) is 42.8 Å². The molecule has 1 heterocycles. The maximum absolute atomic E-state index is 6.08. The van der Waals surface area contributed by atoms with Gasteiger partial charge in [0, 0.05) is 29.3 Å². The monoisotopic (exact) mass is 298 g/mol. The lowest BCUT2D eigenvalue weighted by Gasteiger charge is -2.18. The molecular formula is C18H19ClN2. The molecule has 0 radical (unpaired) electrons. The normalized spacial score (nSPS) is 12.7. The van der Waals surface area contributed by atoms with Gasteiger partial charge in [0.2, 0.25) is 0 Å². The molecule has 0 aliphatic rings. The van der Waals surface area contributed by atoms with Crippen LogP contribution in [0.2, 0.25) is 5.02 Å².